The maximum atomic E-state index is 12.8. The Morgan fingerprint density at radius 3 is 2.55 bits per heavy atom. The molecule has 2 bridgehead atoms. The predicted molar refractivity (Wildman–Crippen MR) is 74.7 cm³/mol. The predicted octanol–water partition coefficient (Wildman–Crippen LogP) is 2.58. The van der Waals surface area contributed by atoms with Crippen molar-refractivity contribution in [1.82, 2.24) is 15.2 Å². The van der Waals surface area contributed by atoms with Gasteiger partial charge in [-0.05, 0) is 44.0 Å². The zero-order chi connectivity index (χ0) is 15.9. The van der Waals surface area contributed by atoms with Crippen molar-refractivity contribution in [2.45, 2.75) is 25.1 Å². The minimum Gasteiger partial charge on any atom is -0.346 e. The zero-order valence-electron chi connectivity index (χ0n) is 11.7. The van der Waals surface area contributed by atoms with Gasteiger partial charge in [-0.3, -0.25) is 4.79 Å². The fourth-order valence-corrected chi connectivity index (χ4v) is 3.35. The van der Waals surface area contributed by atoms with E-state index in [1.165, 1.54) is 6.07 Å². The number of fused-ring (bicyclic) bond motifs is 3. The molecule has 3 fully saturated rings. The van der Waals surface area contributed by atoms with Crippen LogP contribution in [0.5, 0.6) is 0 Å². The molecule has 1 atom stereocenters. The summed E-state index contributed by atoms with van der Waals surface area (Å²) in [6.45, 7) is 2.79. The van der Waals surface area contributed by atoms with E-state index >= 15 is 0 Å². The van der Waals surface area contributed by atoms with Gasteiger partial charge in [0.25, 0.3) is 5.91 Å². The number of amides is 1. The van der Waals surface area contributed by atoms with Crippen molar-refractivity contribution < 1.29 is 18.0 Å². The Labute approximate surface area is 130 Å². The second-order valence-electron chi connectivity index (χ2n) is 5.74. The SMILES string of the molecule is O=C(N[C@H]1CN2CCC1CC2)c1ccc(Cl)c(C(F)(F)F)n1. The van der Waals surface area contributed by atoms with E-state index in [9.17, 15) is 18.0 Å². The van der Waals surface area contributed by atoms with Crippen LogP contribution >= 0.6 is 11.6 Å². The molecular weight excluding hydrogens is 319 g/mol. The Morgan fingerprint density at radius 1 is 1.32 bits per heavy atom. The van der Waals surface area contributed by atoms with Gasteiger partial charge < -0.3 is 10.2 Å². The fraction of sp³-hybridized carbons (Fsp3) is 0.571. The maximum Gasteiger partial charge on any atom is 0.434 e. The first-order chi connectivity index (χ1) is 10.3. The van der Waals surface area contributed by atoms with Crippen molar-refractivity contribution in [3.63, 3.8) is 0 Å². The zero-order valence-corrected chi connectivity index (χ0v) is 12.4. The lowest BCUT2D eigenvalue weighted by Crippen LogP contribution is -2.57. The van der Waals surface area contributed by atoms with Gasteiger partial charge in [0, 0.05) is 12.6 Å². The normalized spacial score (nSPS) is 27.7. The molecule has 3 aliphatic rings. The minimum atomic E-state index is -4.68. The van der Waals surface area contributed by atoms with E-state index in [1.807, 2.05) is 0 Å². The van der Waals surface area contributed by atoms with Gasteiger partial charge in [0.1, 0.15) is 5.69 Å². The third-order valence-electron chi connectivity index (χ3n) is 4.32. The Bertz CT molecular complexity index is 585. The van der Waals surface area contributed by atoms with Crippen LogP contribution in [-0.2, 0) is 6.18 Å². The number of pyridine rings is 1. The van der Waals surface area contributed by atoms with Crippen LogP contribution in [0.1, 0.15) is 29.0 Å². The second kappa shape index (κ2) is 5.70. The highest BCUT2D eigenvalue weighted by Crippen LogP contribution is 2.33. The molecular formula is C14H15ClF3N3O. The van der Waals surface area contributed by atoms with Gasteiger partial charge in [0.2, 0.25) is 0 Å². The lowest BCUT2D eigenvalue weighted by molar-refractivity contribution is -0.141. The van der Waals surface area contributed by atoms with E-state index in [1.54, 1.807) is 0 Å². The van der Waals surface area contributed by atoms with E-state index < -0.39 is 22.8 Å². The lowest BCUT2D eigenvalue weighted by Gasteiger charge is -2.44. The number of hydrogen-bond donors (Lipinski definition) is 1. The highest BCUT2D eigenvalue weighted by molar-refractivity contribution is 6.31. The summed E-state index contributed by atoms with van der Waals surface area (Å²) in [4.78, 5) is 17.8. The molecule has 0 aromatic carbocycles. The van der Waals surface area contributed by atoms with Crippen LogP contribution < -0.4 is 5.32 Å². The van der Waals surface area contributed by atoms with E-state index in [0.29, 0.717) is 5.92 Å². The van der Waals surface area contributed by atoms with Crippen molar-refractivity contribution in [1.29, 1.82) is 0 Å². The highest BCUT2D eigenvalue weighted by atomic mass is 35.5. The number of aromatic nitrogens is 1. The highest BCUT2D eigenvalue weighted by Gasteiger charge is 2.37. The first-order valence-corrected chi connectivity index (χ1v) is 7.49. The number of carbonyl (C=O) groups is 1. The van der Waals surface area contributed by atoms with Crippen molar-refractivity contribution in [3.05, 3.63) is 28.5 Å². The topological polar surface area (TPSA) is 45.2 Å². The molecule has 1 amide bonds. The van der Waals surface area contributed by atoms with E-state index in [-0.39, 0.29) is 11.7 Å². The van der Waals surface area contributed by atoms with Gasteiger partial charge in [0.15, 0.2) is 5.69 Å². The molecule has 1 aromatic heterocycles. The van der Waals surface area contributed by atoms with Crippen LogP contribution in [-0.4, -0.2) is 41.5 Å². The molecule has 1 aromatic rings. The smallest absolute Gasteiger partial charge is 0.346 e. The Morgan fingerprint density at radius 2 is 2.00 bits per heavy atom. The van der Waals surface area contributed by atoms with E-state index in [0.717, 1.165) is 38.5 Å². The van der Waals surface area contributed by atoms with Gasteiger partial charge in [-0.1, -0.05) is 11.6 Å². The molecule has 3 aliphatic heterocycles. The Balaban J connectivity index is 1.75. The summed E-state index contributed by atoms with van der Waals surface area (Å²) in [5, 5.41) is 2.30. The third kappa shape index (κ3) is 3.05. The summed E-state index contributed by atoms with van der Waals surface area (Å²) in [7, 11) is 0. The number of nitrogens with zero attached hydrogens (tertiary/aromatic N) is 2. The summed E-state index contributed by atoms with van der Waals surface area (Å²) in [5.74, 6) is -0.191. The molecule has 0 radical (unpaired) electrons. The molecule has 0 aliphatic carbocycles. The lowest BCUT2D eigenvalue weighted by atomic mass is 9.84. The van der Waals surface area contributed by atoms with Crippen molar-refractivity contribution in [2.24, 2.45) is 5.92 Å². The molecule has 3 saturated heterocycles. The van der Waals surface area contributed by atoms with Crippen LogP contribution in [0.2, 0.25) is 5.02 Å². The number of nitrogens with one attached hydrogen (secondary N) is 1. The third-order valence-corrected chi connectivity index (χ3v) is 4.62. The Hall–Kier alpha value is -1.34. The van der Waals surface area contributed by atoms with Crippen LogP contribution in [0.15, 0.2) is 12.1 Å². The average Bonchev–Trinajstić information content (AvgIpc) is 2.47. The summed E-state index contributed by atoms with van der Waals surface area (Å²) in [6.07, 6.45) is -2.66. The van der Waals surface area contributed by atoms with Gasteiger partial charge in [-0.25, -0.2) is 4.98 Å². The number of halogens is 4. The number of rotatable bonds is 2. The molecule has 0 spiro atoms. The first-order valence-electron chi connectivity index (χ1n) is 7.11. The Kier molecular flexibility index (Phi) is 4.03. The van der Waals surface area contributed by atoms with Crippen LogP contribution in [0, 0.1) is 5.92 Å². The van der Waals surface area contributed by atoms with Crippen molar-refractivity contribution in [2.75, 3.05) is 19.6 Å². The van der Waals surface area contributed by atoms with Gasteiger partial charge in [-0.15, -0.1) is 0 Å². The van der Waals surface area contributed by atoms with Gasteiger partial charge in [-0.2, -0.15) is 13.2 Å². The standard InChI is InChI=1S/C14H15ClF3N3O/c15-9-1-2-10(19-12(9)14(16,17)18)13(22)20-11-7-21-5-3-8(11)4-6-21/h1-2,8,11H,3-7H2,(H,20,22)/t11-/m0/s1. The van der Waals surface area contributed by atoms with Gasteiger partial charge in [0.05, 0.1) is 5.02 Å². The molecule has 22 heavy (non-hydrogen) atoms. The summed E-state index contributed by atoms with van der Waals surface area (Å²) in [6, 6.07) is 2.25. The molecule has 1 N–H and O–H groups in total. The molecule has 120 valence electrons. The van der Waals surface area contributed by atoms with Gasteiger partial charge >= 0.3 is 6.18 Å². The largest absolute Gasteiger partial charge is 0.434 e. The number of alkyl halides is 3. The monoisotopic (exact) mass is 333 g/mol. The number of piperidine rings is 3. The van der Waals surface area contributed by atoms with Crippen LogP contribution in [0.25, 0.3) is 0 Å². The molecule has 0 saturated carbocycles. The first kappa shape index (κ1) is 15.6. The summed E-state index contributed by atoms with van der Waals surface area (Å²) >= 11 is 5.51. The van der Waals surface area contributed by atoms with E-state index in [2.05, 4.69) is 15.2 Å². The maximum absolute atomic E-state index is 12.8. The number of hydrogen-bond acceptors (Lipinski definition) is 3. The summed E-state index contributed by atoms with van der Waals surface area (Å²) in [5.41, 5.74) is -1.48. The second-order valence-corrected chi connectivity index (χ2v) is 6.15. The average molecular weight is 334 g/mol. The van der Waals surface area contributed by atoms with Crippen molar-refractivity contribution in [3.8, 4) is 0 Å². The quantitative estimate of drug-likeness (QED) is 0.905. The molecule has 4 nitrogen and oxygen atoms in total. The van der Waals surface area contributed by atoms with E-state index in [4.69, 9.17) is 11.6 Å². The minimum absolute atomic E-state index is 0.0261. The van der Waals surface area contributed by atoms with Crippen molar-refractivity contribution >= 4 is 17.5 Å². The van der Waals surface area contributed by atoms with Crippen LogP contribution in [0.4, 0.5) is 13.2 Å². The molecule has 8 heteroatoms. The van der Waals surface area contributed by atoms with Crippen LogP contribution in [0.3, 0.4) is 0 Å². The fourth-order valence-electron chi connectivity index (χ4n) is 3.14. The molecule has 4 rings (SSSR count). The molecule has 0 unspecified atom stereocenters. The summed E-state index contributed by atoms with van der Waals surface area (Å²) < 4.78 is 38.4. The molecule has 4 heterocycles. The number of carbonyl (C=O) groups excluding carboxylic acids is 1.